The number of anilines is 1. The van der Waals surface area contributed by atoms with Crippen LogP contribution in [0.2, 0.25) is 0 Å². The highest BCUT2D eigenvalue weighted by molar-refractivity contribution is 9.10. The van der Waals surface area contributed by atoms with Gasteiger partial charge in [0, 0.05) is 22.6 Å². The molecule has 0 aliphatic rings. The molecule has 20 heavy (non-hydrogen) atoms. The Hall–Kier alpha value is -1.54. The van der Waals surface area contributed by atoms with E-state index >= 15 is 0 Å². The molecule has 0 fully saturated rings. The summed E-state index contributed by atoms with van der Waals surface area (Å²) in [6.45, 7) is 0. The highest BCUT2D eigenvalue weighted by atomic mass is 79.9. The minimum Gasteiger partial charge on any atom is -0.399 e. The molecule has 0 aliphatic heterocycles. The van der Waals surface area contributed by atoms with E-state index in [1.54, 1.807) is 0 Å². The highest BCUT2D eigenvalue weighted by Gasteiger charge is 2.25. The van der Waals surface area contributed by atoms with E-state index in [0.717, 1.165) is 12.1 Å². The first-order valence-electron chi connectivity index (χ1n) is 5.36. The maximum Gasteiger partial charge on any atom is 0.188 e. The van der Waals surface area contributed by atoms with Gasteiger partial charge in [0.15, 0.2) is 9.84 Å². The van der Waals surface area contributed by atoms with Crippen LogP contribution in [0.3, 0.4) is 0 Å². The molecule has 8 heteroatoms. The average Bonchev–Trinajstić information content (AvgIpc) is 2.25. The third kappa shape index (κ3) is 3.13. The maximum atomic E-state index is 13.7. The van der Waals surface area contributed by atoms with Gasteiger partial charge in [-0.05, 0) is 39.7 Å². The lowest BCUT2D eigenvalue weighted by Gasteiger charge is -2.08. The van der Waals surface area contributed by atoms with E-state index in [1.807, 2.05) is 0 Å². The number of aromatic nitrogens is 1. The normalized spacial score (nSPS) is 11.6. The minimum absolute atomic E-state index is 0.178. The Balaban J connectivity index is 2.46. The van der Waals surface area contributed by atoms with Gasteiger partial charge in [0.1, 0.15) is 16.5 Å². The van der Waals surface area contributed by atoms with Crippen molar-refractivity contribution in [3.63, 3.8) is 0 Å². The van der Waals surface area contributed by atoms with Crippen LogP contribution in [-0.4, -0.2) is 13.4 Å². The van der Waals surface area contributed by atoms with Crippen molar-refractivity contribution in [2.24, 2.45) is 0 Å². The zero-order chi connectivity index (χ0) is 14.9. The standard InChI is InChI=1S/C12H9BrF2N2O2S/c13-8-1-7(4-17-5-8)6-20(18,19)12-10(14)2-9(16)3-11(12)15/h1-5H,6,16H2. The largest absolute Gasteiger partial charge is 0.399 e. The molecule has 0 amide bonds. The summed E-state index contributed by atoms with van der Waals surface area (Å²) in [5, 5.41) is 0. The van der Waals surface area contributed by atoms with Crippen LogP contribution >= 0.6 is 15.9 Å². The SMILES string of the molecule is Nc1cc(F)c(S(=O)(=O)Cc2cncc(Br)c2)c(F)c1. The van der Waals surface area contributed by atoms with Gasteiger partial charge in [-0.1, -0.05) is 0 Å². The summed E-state index contributed by atoms with van der Waals surface area (Å²) in [7, 11) is -4.17. The number of benzene rings is 1. The Labute approximate surface area is 122 Å². The summed E-state index contributed by atoms with van der Waals surface area (Å²) >= 11 is 3.14. The van der Waals surface area contributed by atoms with Crippen molar-refractivity contribution in [2.45, 2.75) is 10.6 Å². The molecule has 2 aromatic rings. The number of nitrogens with zero attached hydrogens (tertiary/aromatic N) is 1. The molecule has 0 atom stereocenters. The Morgan fingerprint density at radius 1 is 1.15 bits per heavy atom. The molecule has 0 bridgehead atoms. The van der Waals surface area contributed by atoms with E-state index < -0.39 is 32.1 Å². The Morgan fingerprint density at radius 3 is 2.30 bits per heavy atom. The van der Waals surface area contributed by atoms with Gasteiger partial charge >= 0.3 is 0 Å². The predicted octanol–water partition coefficient (Wildman–Crippen LogP) is 2.68. The molecule has 1 heterocycles. The molecule has 4 nitrogen and oxygen atoms in total. The molecule has 1 aromatic heterocycles. The topological polar surface area (TPSA) is 73.1 Å². The minimum atomic E-state index is -4.17. The van der Waals surface area contributed by atoms with Crippen molar-refractivity contribution < 1.29 is 17.2 Å². The molecule has 1 aromatic carbocycles. The number of nitrogen functional groups attached to an aromatic ring is 1. The smallest absolute Gasteiger partial charge is 0.188 e. The second-order valence-electron chi connectivity index (χ2n) is 4.08. The monoisotopic (exact) mass is 362 g/mol. The van der Waals surface area contributed by atoms with Gasteiger partial charge in [-0.15, -0.1) is 0 Å². The van der Waals surface area contributed by atoms with E-state index in [1.165, 1.54) is 18.5 Å². The van der Waals surface area contributed by atoms with Crippen LogP contribution in [0.1, 0.15) is 5.56 Å². The second-order valence-corrected chi connectivity index (χ2v) is 6.93. The Morgan fingerprint density at radius 2 is 1.75 bits per heavy atom. The number of nitrogens with two attached hydrogens (primary N) is 1. The number of pyridine rings is 1. The highest BCUT2D eigenvalue weighted by Crippen LogP contribution is 2.25. The number of sulfone groups is 1. The summed E-state index contributed by atoms with van der Waals surface area (Å²) < 4.78 is 52.1. The molecule has 2 N–H and O–H groups in total. The van der Waals surface area contributed by atoms with Crippen LogP contribution in [0.25, 0.3) is 0 Å². The van der Waals surface area contributed by atoms with Crippen molar-refractivity contribution >= 4 is 31.5 Å². The van der Waals surface area contributed by atoms with E-state index in [9.17, 15) is 17.2 Å². The molecular weight excluding hydrogens is 354 g/mol. The summed E-state index contributed by atoms with van der Waals surface area (Å²) in [5.74, 6) is -2.96. The first kappa shape index (κ1) is 14.9. The van der Waals surface area contributed by atoms with E-state index in [4.69, 9.17) is 5.73 Å². The van der Waals surface area contributed by atoms with Crippen molar-refractivity contribution in [3.8, 4) is 0 Å². The van der Waals surface area contributed by atoms with Gasteiger partial charge in [-0.2, -0.15) is 0 Å². The number of rotatable bonds is 3. The second kappa shape index (κ2) is 5.45. The fraction of sp³-hybridized carbons (Fsp3) is 0.0833. The molecule has 106 valence electrons. The summed E-state index contributed by atoms with van der Waals surface area (Å²) in [6, 6.07) is 3.06. The molecule has 0 radical (unpaired) electrons. The maximum absolute atomic E-state index is 13.7. The lowest BCUT2D eigenvalue weighted by molar-refractivity contribution is 0.520. The molecule has 2 rings (SSSR count). The lowest BCUT2D eigenvalue weighted by atomic mass is 10.3. The van der Waals surface area contributed by atoms with E-state index in [2.05, 4.69) is 20.9 Å². The van der Waals surface area contributed by atoms with Gasteiger partial charge in [-0.3, -0.25) is 4.98 Å². The van der Waals surface area contributed by atoms with Crippen LogP contribution < -0.4 is 5.73 Å². The fourth-order valence-electron chi connectivity index (χ4n) is 1.70. The first-order valence-corrected chi connectivity index (χ1v) is 7.81. The van der Waals surface area contributed by atoms with Gasteiger partial charge in [0.05, 0.1) is 5.75 Å². The summed E-state index contributed by atoms with van der Waals surface area (Å²) in [4.78, 5) is 2.82. The van der Waals surface area contributed by atoms with Gasteiger partial charge in [0.2, 0.25) is 0 Å². The predicted molar refractivity (Wildman–Crippen MR) is 73.6 cm³/mol. The third-order valence-corrected chi connectivity index (χ3v) is 4.61. The first-order chi connectivity index (χ1) is 9.29. The third-order valence-electron chi connectivity index (χ3n) is 2.45. The summed E-state index contributed by atoms with van der Waals surface area (Å²) in [5.41, 5.74) is 5.39. The van der Waals surface area contributed by atoms with E-state index in [0.29, 0.717) is 10.0 Å². The molecule has 0 spiro atoms. The fourth-order valence-corrected chi connectivity index (χ4v) is 3.57. The summed E-state index contributed by atoms with van der Waals surface area (Å²) in [6.07, 6.45) is 2.79. The van der Waals surface area contributed by atoms with Gasteiger partial charge in [-0.25, -0.2) is 17.2 Å². The molecular formula is C12H9BrF2N2O2S. The lowest BCUT2D eigenvalue weighted by Crippen LogP contribution is -2.10. The van der Waals surface area contributed by atoms with Crippen LogP contribution in [0.15, 0.2) is 40.0 Å². The van der Waals surface area contributed by atoms with E-state index in [-0.39, 0.29) is 5.69 Å². The Bertz CT molecular complexity index is 743. The zero-order valence-electron chi connectivity index (χ0n) is 9.98. The van der Waals surface area contributed by atoms with Crippen molar-refractivity contribution in [1.82, 2.24) is 4.98 Å². The average molecular weight is 363 g/mol. The number of hydrogen-bond donors (Lipinski definition) is 1. The van der Waals surface area contributed by atoms with Crippen molar-refractivity contribution in [1.29, 1.82) is 0 Å². The molecule has 0 unspecified atom stereocenters. The zero-order valence-corrected chi connectivity index (χ0v) is 12.4. The Kier molecular flexibility index (Phi) is 4.05. The van der Waals surface area contributed by atoms with Crippen LogP contribution in [0.5, 0.6) is 0 Å². The molecule has 0 saturated carbocycles. The van der Waals surface area contributed by atoms with Crippen LogP contribution in [0.4, 0.5) is 14.5 Å². The number of halogens is 3. The van der Waals surface area contributed by atoms with Crippen LogP contribution in [-0.2, 0) is 15.6 Å². The molecule has 0 aliphatic carbocycles. The van der Waals surface area contributed by atoms with Gasteiger partial charge in [0.25, 0.3) is 0 Å². The van der Waals surface area contributed by atoms with Crippen LogP contribution in [0, 0.1) is 11.6 Å². The van der Waals surface area contributed by atoms with Gasteiger partial charge < -0.3 is 5.73 Å². The quantitative estimate of drug-likeness (QED) is 0.851. The van der Waals surface area contributed by atoms with Crippen molar-refractivity contribution in [3.05, 3.63) is 52.3 Å². The molecule has 0 saturated heterocycles. The van der Waals surface area contributed by atoms with Crippen molar-refractivity contribution in [2.75, 3.05) is 5.73 Å². The number of hydrogen-bond acceptors (Lipinski definition) is 4.